The van der Waals surface area contributed by atoms with E-state index >= 15 is 0 Å². The van der Waals surface area contributed by atoms with Crippen molar-refractivity contribution in [1.82, 2.24) is 13.9 Å². The molecule has 0 saturated carbocycles. The van der Waals surface area contributed by atoms with E-state index in [1.807, 2.05) is 12.4 Å². The Hall–Kier alpha value is -1.18. The lowest BCUT2D eigenvalue weighted by Crippen LogP contribution is -2.39. The molecule has 1 aliphatic heterocycles. The molecule has 7 heteroatoms. The van der Waals surface area contributed by atoms with Crippen molar-refractivity contribution in [2.75, 3.05) is 13.1 Å². The molecule has 1 saturated heterocycles. The molecule has 0 radical (unpaired) electrons. The first-order chi connectivity index (χ1) is 10.5. The van der Waals surface area contributed by atoms with E-state index in [4.69, 9.17) is 0 Å². The van der Waals surface area contributed by atoms with Gasteiger partial charge in [0.1, 0.15) is 10.0 Å². The minimum atomic E-state index is -3.36. The maximum absolute atomic E-state index is 12.7. The van der Waals surface area contributed by atoms with E-state index in [1.165, 1.54) is 11.3 Å². The van der Waals surface area contributed by atoms with Crippen LogP contribution in [0.5, 0.6) is 0 Å². The third kappa shape index (κ3) is 2.85. The highest BCUT2D eigenvalue weighted by Gasteiger charge is 2.33. The molecule has 3 rings (SSSR count). The molecule has 0 aliphatic carbocycles. The highest BCUT2D eigenvalue weighted by Crippen LogP contribution is 2.31. The molecule has 0 spiro atoms. The van der Waals surface area contributed by atoms with Gasteiger partial charge in [-0.2, -0.15) is 4.31 Å². The van der Waals surface area contributed by atoms with Gasteiger partial charge < -0.3 is 4.57 Å². The zero-order valence-corrected chi connectivity index (χ0v) is 14.5. The fraction of sp³-hybridized carbons (Fsp3) is 0.533. The van der Waals surface area contributed by atoms with Crippen LogP contribution in [0.15, 0.2) is 34.1 Å². The van der Waals surface area contributed by atoms with Crippen LogP contribution in [0.1, 0.15) is 44.5 Å². The Morgan fingerprint density at radius 2 is 2.23 bits per heavy atom. The van der Waals surface area contributed by atoms with Gasteiger partial charge in [0.15, 0.2) is 0 Å². The summed E-state index contributed by atoms with van der Waals surface area (Å²) in [5, 5.41) is 1.81. The first-order valence-corrected chi connectivity index (χ1v) is 9.88. The van der Waals surface area contributed by atoms with Crippen LogP contribution in [0, 0.1) is 0 Å². The van der Waals surface area contributed by atoms with Crippen molar-refractivity contribution >= 4 is 21.4 Å². The molecule has 1 fully saturated rings. The van der Waals surface area contributed by atoms with Gasteiger partial charge in [0.05, 0.1) is 0 Å². The molecule has 0 aromatic carbocycles. The molecular weight excluding hydrogens is 318 g/mol. The SMILES string of the molecule is CC(C)n1ccnc1[C@H]1CCCN(S(=O)(=O)c2cccs2)C1. The fourth-order valence-corrected chi connectivity index (χ4v) is 5.65. The van der Waals surface area contributed by atoms with E-state index < -0.39 is 10.0 Å². The van der Waals surface area contributed by atoms with Crippen molar-refractivity contribution in [2.45, 2.75) is 42.9 Å². The number of hydrogen-bond donors (Lipinski definition) is 0. The van der Waals surface area contributed by atoms with Crippen molar-refractivity contribution in [2.24, 2.45) is 0 Å². The van der Waals surface area contributed by atoms with E-state index in [1.54, 1.807) is 21.8 Å². The van der Waals surface area contributed by atoms with Gasteiger partial charge in [-0.15, -0.1) is 11.3 Å². The van der Waals surface area contributed by atoms with Gasteiger partial charge in [-0.3, -0.25) is 0 Å². The second-order valence-corrected chi connectivity index (χ2v) is 9.03. The number of sulfonamides is 1. The number of thiophene rings is 1. The lowest BCUT2D eigenvalue weighted by atomic mass is 9.98. The molecule has 3 heterocycles. The summed E-state index contributed by atoms with van der Waals surface area (Å²) in [5.41, 5.74) is 0. The molecule has 2 aromatic rings. The Morgan fingerprint density at radius 1 is 1.41 bits per heavy atom. The molecule has 22 heavy (non-hydrogen) atoms. The van der Waals surface area contributed by atoms with Crippen molar-refractivity contribution in [3.63, 3.8) is 0 Å². The van der Waals surface area contributed by atoms with Gasteiger partial charge >= 0.3 is 0 Å². The van der Waals surface area contributed by atoms with E-state index in [0.29, 0.717) is 23.3 Å². The molecule has 120 valence electrons. The monoisotopic (exact) mass is 339 g/mol. The predicted octanol–water partition coefficient (Wildman–Crippen LogP) is 3.09. The number of imidazole rings is 1. The molecule has 0 bridgehead atoms. The lowest BCUT2D eigenvalue weighted by Gasteiger charge is -2.32. The number of rotatable bonds is 4. The molecule has 5 nitrogen and oxygen atoms in total. The number of hydrogen-bond acceptors (Lipinski definition) is 4. The lowest BCUT2D eigenvalue weighted by molar-refractivity contribution is 0.303. The summed E-state index contributed by atoms with van der Waals surface area (Å²) >= 11 is 1.28. The van der Waals surface area contributed by atoms with Crippen molar-refractivity contribution in [1.29, 1.82) is 0 Å². The van der Waals surface area contributed by atoms with Gasteiger partial charge in [0.25, 0.3) is 10.0 Å². The van der Waals surface area contributed by atoms with Crippen LogP contribution in [0.25, 0.3) is 0 Å². The Morgan fingerprint density at radius 3 is 2.91 bits per heavy atom. The summed E-state index contributed by atoms with van der Waals surface area (Å²) in [6.07, 6.45) is 5.65. The van der Waals surface area contributed by atoms with Gasteiger partial charge in [-0.1, -0.05) is 6.07 Å². The van der Waals surface area contributed by atoms with Gasteiger partial charge in [0.2, 0.25) is 0 Å². The highest BCUT2D eigenvalue weighted by atomic mass is 32.2. The van der Waals surface area contributed by atoms with Crippen LogP contribution < -0.4 is 0 Å². The van der Waals surface area contributed by atoms with Crippen LogP contribution in [-0.4, -0.2) is 35.4 Å². The van der Waals surface area contributed by atoms with Crippen LogP contribution in [0.4, 0.5) is 0 Å². The smallest absolute Gasteiger partial charge is 0.252 e. The van der Waals surface area contributed by atoms with E-state index in [-0.39, 0.29) is 5.92 Å². The number of aromatic nitrogens is 2. The minimum absolute atomic E-state index is 0.167. The third-order valence-corrected chi connectivity index (χ3v) is 7.33. The van der Waals surface area contributed by atoms with E-state index in [2.05, 4.69) is 23.4 Å². The third-order valence-electron chi connectivity index (χ3n) is 4.09. The number of piperidine rings is 1. The first-order valence-electron chi connectivity index (χ1n) is 7.56. The van der Waals surface area contributed by atoms with Crippen molar-refractivity contribution in [3.05, 3.63) is 35.7 Å². The summed E-state index contributed by atoms with van der Waals surface area (Å²) in [7, 11) is -3.36. The number of nitrogens with zero attached hydrogens (tertiary/aromatic N) is 3. The predicted molar refractivity (Wildman–Crippen MR) is 87.7 cm³/mol. The molecular formula is C15H21N3O2S2. The summed E-state index contributed by atoms with van der Waals surface area (Å²) in [4.78, 5) is 4.48. The standard InChI is InChI=1S/C15H21N3O2S2/c1-12(2)18-9-7-16-15(18)13-5-3-8-17(11-13)22(19,20)14-6-4-10-21-14/h4,6-7,9-10,12-13H,3,5,8,11H2,1-2H3/t13-/m0/s1. The topological polar surface area (TPSA) is 55.2 Å². The van der Waals surface area contributed by atoms with Crippen molar-refractivity contribution in [3.8, 4) is 0 Å². The summed E-state index contributed by atoms with van der Waals surface area (Å²) in [6.45, 7) is 5.35. The van der Waals surface area contributed by atoms with Crippen LogP contribution in [-0.2, 0) is 10.0 Å². The highest BCUT2D eigenvalue weighted by molar-refractivity contribution is 7.91. The first kappa shape index (κ1) is 15.7. The maximum atomic E-state index is 12.7. The average molecular weight is 339 g/mol. The second-order valence-electron chi connectivity index (χ2n) is 5.92. The van der Waals surface area contributed by atoms with Gasteiger partial charge in [-0.25, -0.2) is 13.4 Å². The molecule has 0 amide bonds. The Bertz CT molecular complexity index is 720. The molecule has 2 aromatic heterocycles. The van der Waals surface area contributed by atoms with Crippen molar-refractivity contribution < 1.29 is 8.42 Å². The van der Waals surface area contributed by atoms with Gasteiger partial charge in [-0.05, 0) is 38.1 Å². The zero-order valence-electron chi connectivity index (χ0n) is 12.8. The quantitative estimate of drug-likeness (QED) is 0.860. The van der Waals surface area contributed by atoms with Crippen LogP contribution >= 0.6 is 11.3 Å². The maximum Gasteiger partial charge on any atom is 0.252 e. The Balaban J connectivity index is 1.84. The van der Waals surface area contributed by atoms with Gasteiger partial charge in [0, 0.05) is 37.4 Å². The van der Waals surface area contributed by atoms with E-state index in [9.17, 15) is 8.42 Å². The minimum Gasteiger partial charge on any atom is -0.332 e. The molecule has 0 unspecified atom stereocenters. The van der Waals surface area contributed by atoms with Crippen LogP contribution in [0.2, 0.25) is 0 Å². The molecule has 1 aliphatic rings. The molecule has 1 atom stereocenters. The fourth-order valence-electron chi connectivity index (χ4n) is 2.99. The zero-order chi connectivity index (χ0) is 15.7. The Labute approximate surface area is 135 Å². The summed E-state index contributed by atoms with van der Waals surface area (Å²) in [6, 6.07) is 3.80. The van der Waals surface area contributed by atoms with E-state index in [0.717, 1.165) is 18.7 Å². The molecule has 0 N–H and O–H groups in total. The summed E-state index contributed by atoms with van der Waals surface area (Å²) < 4.78 is 29.6. The average Bonchev–Trinajstić information content (AvgIpc) is 3.19. The second kappa shape index (κ2) is 6.14. The normalized spacial score (nSPS) is 20.6. The summed E-state index contributed by atoms with van der Waals surface area (Å²) in [5.74, 6) is 1.17. The largest absolute Gasteiger partial charge is 0.332 e. The Kier molecular flexibility index (Phi) is 4.38. The van der Waals surface area contributed by atoms with Crippen LogP contribution in [0.3, 0.4) is 0 Å².